The third-order valence-electron chi connectivity index (χ3n) is 8.78. The van der Waals surface area contributed by atoms with Crippen molar-refractivity contribution >= 4 is 16.9 Å². The molecule has 3 fully saturated rings. The Bertz CT molecular complexity index is 992. The molecule has 2 heterocycles. The quantitative estimate of drug-likeness (QED) is 0.532. The molecule has 1 aliphatic heterocycles. The van der Waals surface area contributed by atoms with Gasteiger partial charge in [0.15, 0.2) is 0 Å². The van der Waals surface area contributed by atoms with Crippen LogP contribution in [0.5, 0.6) is 5.75 Å². The minimum absolute atomic E-state index is 0.126. The van der Waals surface area contributed by atoms with E-state index < -0.39 is 5.97 Å². The van der Waals surface area contributed by atoms with Crippen molar-refractivity contribution in [1.29, 1.82) is 0 Å². The third-order valence-corrected chi connectivity index (χ3v) is 8.78. The molecule has 1 saturated heterocycles. The topological polar surface area (TPSA) is 62.7 Å². The number of carbonyl (C=O) groups is 1. The van der Waals surface area contributed by atoms with Gasteiger partial charge in [0.05, 0.1) is 23.2 Å². The summed E-state index contributed by atoms with van der Waals surface area (Å²) >= 11 is 0. The molecule has 1 aromatic carbocycles. The van der Waals surface area contributed by atoms with Crippen LogP contribution in [0.3, 0.4) is 0 Å². The second-order valence-electron chi connectivity index (χ2n) is 11.5. The van der Waals surface area contributed by atoms with Crippen molar-refractivity contribution < 1.29 is 14.6 Å². The van der Waals surface area contributed by atoms with Crippen molar-refractivity contribution in [3.8, 4) is 5.75 Å². The summed E-state index contributed by atoms with van der Waals surface area (Å²) in [7, 11) is 0. The fourth-order valence-corrected chi connectivity index (χ4v) is 6.52. The predicted molar refractivity (Wildman–Crippen MR) is 135 cm³/mol. The van der Waals surface area contributed by atoms with Gasteiger partial charge in [-0.1, -0.05) is 32.8 Å². The van der Waals surface area contributed by atoms with Crippen LogP contribution in [0.1, 0.15) is 70.9 Å². The lowest BCUT2D eigenvalue weighted by atomic mass is 9.72. The van der Waals surface area contributed by atoms with E-state index in [1.807, 2.05) is 0 Å². The number of nitrogens with zero attached hydrogens (tertiary/aromatic N) is 2. The lowest BCUT2D eigenvalue weighted by Crippen LogP contribution is -2.50. The number of likely N-dealkylation sites (tertiary alicyclic amines) is 1. The van der Waals surface area contributed by atoms with Crippen LogP contribution in [-0.2, 0) is 11.3 Å². The van der Waals surface area contributed by atoms with E-state index in [-0.39, 0.29) is 5.92 Å². The monoisotopic (exact) mass is 464 g/mol. The highest BCUT2D eigenvalue weighted by Crippen LogP contribution is 2.38. The van der Waals surface area contributed by atoms with E-state index in [9.17, 15) is 9.90 Å². The number of carboxylic acid groups (broad SMARTS) is 1. The molecule has 1 aromatic heterocycles. The van der Waals surface area contributed by atoms with Crippen molar-refractivity contribution in [2.24, 2.45) is 29.6 Å². The molecule has 2 saturated carbocycles. The molecular formula is C29H40N2O3. The van der Waals surface area contributed by atoms with Crippen LogP contribution in [0.25, 0.3) is 10.9 Å². The van der Waals surface area contributed by atoms with Crippen LogP contribution < -0.4 is 4.74 Å². The number of carboxylic acids is 1. The average Bonchev–Trinajstić information content (AvgIpc) is 2.81. The molecule has 5 nitrogen and oxygen atoms in total. The van der Waals surface area contributed by atoms with E-state index in [4.69, 9.17) is 9.72 Å². The number of fused-ring (bicyclic) bond motifs is 1. The summed E-state index contributed by atoms with van der Waals surface area (Å²) in [6, 6.07) is 10.6. The van der Waals surface area contributed by atoms with Crippen molar-refractivity contribution in [2.75, 3.05) is 13.1 Å². The Hall–Kier alpha value is -2.14. The second kappa shape index (κ2) is 10.2. The smallest absolute Gasteiger partial charge is 0.306 e. The normalized spacial score (nSPS) is 28.7. The first-order chi connectivity index (χ1) is 16.4. The number of aromatic nitrogens is 1. The SMILES string of the molecule is CC(C)[C@H]1CC[C@@H](Oc2ccc3nc(CN4CC(C5CCCC(C(=O)O)C5)C4)ccc3c2)CC1. The average molecular weight is 465 g/mol. The molecule has 0 amide bonds. The second-order valence-corrected chi connectivity index (χ2v) is 11.5. The zero-order chi connectivity index (χ0) is 23.7. The number of pyridine rings is 1. The number of hydrogen-bond acceptors (Lipinski definition) is 4. The molecule has 34 heavy (non-hydrogen) atoms. The molecule has 2 unspecified atom stereocenters. The van der Waals surface area contributed by atoms with Crippen LogP contribution >= 0.6 is 0 Å². The van der Waals surface area contributed by atoms with Gasteiger partial charge >= 0.3 is 5.97 Å². The fraction of sp³-hybridized carbons (Fsp3) is 0.655. The largest absolute Gasteiger partial charge is 0.490 e. The first-order valence-electron chi connectivity index (χ1n) is 13.5. The minimum atomic E-state index is -0.603. The van der Waals surface area contributed by atoms with E-state index in [1.165, 1.54) is 19.3 Å². The van der Waals surface area contributed by atoms with E-state index in [1.54, 1.807) is 0 Å². The van der Waals surface area contributed by atoms with E-state index in [0.29, 0.717) is 17.9 Å². The lowest BCUT2D eigenvalue weighted by molar-refractivity contribution is -0.144. The number of hydrogen-bond donors (Lipinski definition) is 1. The molecule has 2 atom stereocenters. The summed E-state index contributed by atoms with van der Waals surface area (Å²) in [5, 5.41) is 10.5. The Morgan fingerprint density at radius 1 is 1.06 bits per heavy atom. The maximum absolute atomic E-state index is 11.4. The zero-order valence-electron chi connectivity index (χ0n) is 20.8. The first kappa shape index (κ1) is 23.6. The van der Waals surface area contributed by atoms with Crippen LogP contribution in [-0.4, -0.2) is 40.2 Å². The van der Waals surface area contributed by atoms with Crippen molar-refractivity contribution in [1.82, 2.24) is 9.88 Å². The predicted octanol–water partition coefficient (Wildman–Crippen LogP) is 6.15. The Kier molecular flexibility index (Phi) is 7.10. The summed E-state index contributed by atoms with van der Waals surface area (Å²) in [6.07, 6.45) is 9.20. The van der Waals surface area contributed by atoms with Crippen LogP contribution in [0, 0.1) is 29.6 Å². The molecular weight excluding hydrogens is 424 g/mol. The molecule has 184 valence electrons. The number of ether oxygens (including phenoxy) is 1. The molecule has 5 rings (SSSR count). The molecule has 0 radical (unpaired) electrons. The maximum Gasteiger partial charge on any atom is 0.306 e. The highest BCUT2D eigenvalue weighted by Gasteiger charge is 2.37. The Morgan fingerprint density at radius 3 is 2.59 bits per heavy atom. The number of rotatable bonds is 7. The van der Waals surface area contributed by atoms with Crippen molar-refractivity contribution in [3.63, 3.8) is 0 Å². The van der Waals surface area contributed by atoms with Crippen LogP contribution in [0.2, 0.25) is 0 Å². The number of aliphatic carboxylic acids is 1. The Balaban J connectivity index is 1.12. The van der Waals surface area contributed by atoms with Gasteiger partial charge in [-0.3, -0.25) is 14.7 Å². The highest BCUT2D eigenvalue weighted by atomic mass is 16.5. The zero-order valence-corrected chi connectivity index (χ0v) is 20.8. The van der Waals surface area contributed by atoms with E-state index in [0.717, 1.165) is 85.9 Å². The van der Waals surface area contributed by atoms with Gasteiger partial charge in [0.1, 0.15) is 5.75 Å². The summed E-state index contributed by atoms with van der Waals surface area (Å²) in [5.74, 6) is 3.10. The summed E-state index contributed by atoms with van der Waals surface area (Å²) in [4.78, 5) is 18.7. The van der Waals surface area contributed by atoms with Gasteiger partial charge in [-0.15, -0.1) is 0 Å². The van der Waals surface area contributed by atoms with Gasteiger partial charge in [0, 0.05) is 25.0 Å². The van der Waals surface area contributed by atoms with Gasteiger partial charge in [0.2, 0.25) is 0 Å². The van der Waals surface area contributed by atoms with Gasteiger partial charge in [-0.05, 0) is 86.5 Å². The summed E-state index contributed by atoms with van der Waals surface area (Å²) in [5.41, 5.74) is 2.14. The van der Waals surface area contributed by atoms with Crippen LogP contribution in [0.15, 0.2) is 30.3 Å². The Labute approximate surface area is 203 Å². The molecule has 2 aromatic rings. The first-order valence-corrected chi connectivity index (χ1v) is 13.5. The lowest BCUT2D eigenvalue weighted by Gasteiger charge is -2.45. The maximum atomic E-state index is 11.4. The molecule has 2 aliphatic carbocycles. The van der Waals surface area contributed by atoms with Crippen molar-refractivity contribution in [2.45, 2.75) is 77.9 Å². The molecule has 5 heteroatoms. The summed E-state index contributed by atoms with van der Waals surface area (Å²) in [6.45, 7) is 7.69. The standard InChI is InChI=1S/C29H40N2O3/c1-19(2)20-7-10-26(11-8-20)34-27-12-13-28-22(15-27)6-9-25(30-28)18-31-16-24(17-31)21-4-3-5-23(14-21)29(32)33/h6,9,12-13,15,19-21,23-24,26H,3-5,7-8,10-11,14,16-18H2,1-2H3,(H,32,33)/t20-,21?,23?,26+. The highest BCUT2D eigenvalue weighted by molar-refractivity contribution is 5.80. The fourth-order valence-electron chi connectivity index (χ4n) is 6.52. The Morgan fingerprint density at radius 2 is 1.85 bits per heavy atom. The van der Waals surface area contributed by atoms with Crippen molar-refractivity contribution in [3.05, 3.63) is 36.0 Å². The van der Waals surface area contributed by atoms with E-state index in [2.05, 4.69) is 49.1 Å². The van der Waals surface area contributed by atoms with Gasteiger partial charge < -0.3 is 9.84 Å². The third kappa shape index (κ3) is 5.40. The van der Waals surface area contributed by atoms with Gasteiger partial charge in [-0.2, -0.15) is 0 Å². The van der Waals surface area contributed by atoms with E-state index >= 15 is 0 Å². The molecule has 0 spiro atoms. The summed E-state index contributed by atoms with van der Waals surface area (Å²) < 4.78 is 6.33. The minimum Gasteiger partial charge on any atom is -0.490 e. The number of benzene rings is 1. The van der Waals surface area contributed by atoms with Crippen LogP contribution in [0.4, 0.5) is 0 Å². The van der Waals surface area contributed by atoms with Gasteiger partial charge in [0.25, 0.3) is 0 Å². The molecule has 0 bridgehead atoms. The molecule has 1 N–H and O–H groups in total. The van der Waals surface area contributed by atoms with Gasteiger partial charge in [-0.25, -0.2) is 0 Å². The molecule has 3 aliphatic rings.